The van der Waals surface area contributed by atoms with Crippen molar-refractivity contribution >= 4 is 11.9 Å². The first-order chi connectivity index (χ1) is 14.0. The van der Waals surface area contributed by atoms with E-state index in [2.05, 4.69) is 9.97 Å². The average molecular weight is 392 g/mol. The molecule has 148 valence electrons. The number of aromatic carboxylic acids is 1. The van der Waals surface area contributed by atoms with E-state index in [1.54, 1.807) is 37.3 Å². The number of aromatic amines is 1. The van der Waals surface area contributed by atoms with Gasteiger partial charge < -0.3 is 14.8 Å². The van der Waals surface area contributed by atoms with E-state index < -0.39 is 17.5 Å². The summed E-state index contributed by atoms with van der Waals surface area (Å²) in [4.78, 5) is 43.7. The van der Waals surface area contributed by atoms with E-state index in [1.807, 2.05) is 18.2 Å². The third kappa shape index (κ3) is 4.57. The van der Waals surface area contributed by atoms with Crippen LogP contribution < -0.4 is 5.56 Å². The van der Waals surface area contributed by atoms with E-state index in [9.17, 15) is 19.5 Å². The van der Waals surface area contributed by atoms with Crippen LogP contribution in [0.3, 0.4) is 0 Å². The van der Waals surface area contributed by atoms with Crippen LogP contribution in [0.4, 0.5) is 0 Å². The molecule has 0 spiro atoms. The molecule has 0 fully saturated rings. The van der Waals surface area contributed by atoms with E-state index in [0.717, 1.165) is 0 Å². The Labute approximate surface area is 167 Å². The summed E-state index contributed by atoms with van der Waals surface area (Å²) >= 11 is 0. The lowest BCUT2D eigenvalue weighted by atomic mass is 9.98. The van der Waals surface area contributed by atoms with E-state index in [4.69, 9.17) is 4.74 Å². The SMILES string of the molecule is CCOC(=O)CCc1c(-c2ccccc2C(=O)O)nc(-c2ccccc2)[nH]c1=O. The maximum Gasteiger partial charge on any atom is 0.336 e. The van der Waals surface area contributed by atoms with Gasteiger partial charge in [-0.3, -0.25) is 9.59 Å². The van der Waals surface area contributed by atoms with Crippen LogP contribution in [-0.2, 0) is 16.0 Å². The van der Waals surface area contributed by atoms with Gasteiger partial charge in [-0.05, 0) is 19.4 Å². The molecular formula is C22H20N2O5. The fraction of sp³-hybridized carbons (Fsp3) is 0.182. The van der Waals surface area contributed by atoms with Gasteiger partial charge in [-0.25, -0.2) is 9.78 Å². The van der Waals surface area contributed by atoms with Gasteiger partial charge in [0.15, 0.2) is 0 Å². The third-order valence-electron chi connectivity index (χ3n) is 4.36. The van der Waals surface area contributed by atoms with Crippen LogP contribution in [0.25, 0.3) is 22.6 Å². The maximum atomic E-state index is 12.9. The molecule has 2 aromatic carbocycles. The van der Waals surface area contributed by atoms with Crippen LogP contribution in [-0.4, -0.2) is 33.6 Å². The lowest BCUT2D eigenvalue weighted by molar-refractivity contribution is -0.143. The number of hydrogen-bond acceptors (Lipinski definition) is 5. The molecule has 0 saturated carbocycles. The molecule has 0 unspecified atom stereocenters. The second-order valence-corrected chi connectivity index (χ2v) is 6.26. The molecule has 2 N–H and O–H groups in total. The molecule has 3 aromatic rings. The summed E-state index contributed by atoms with van der Waals surface area (Å²) in [5, 5.41) is 9.57. The van der Waals surface area contributed by atoms with Gasteiger partial charge in [-0.2, -0.15) is 0 Å². The first-order valence-electron chi connectivity index (χ1n) is 9.18. The molecule has 7 heteroatoms. The standard InChI is InChI=1S/C22H20N2O5/c1-2-29-18(25)13-12-17-19(15-10-6-7-11-16(15)22(27)28)23-20(24-21(17)26)14-8-4-3-5-9-14/h3-11H,2,12-13H2,1H3,(H,27,28)(H,23,24,26). The molecule has 7 nitrogen and oxygen atoms in total. The molecule has 0 aliphatic heterocycles. The highest BCUT2D eigenvalue weighted by molar-refractivity contribution is 5.96. The summed E-state index contributed by atoms with van der Waals surface area (Å²) in [5.74, 6) is -1.23. The summed E-state index contributed by atoms with van der Waals surface area (Å²) < 4.78 is 4.94. The highest BCUT2D eigenvalue weighted by Gasteiger charge is 2.20. The minimum absolute atomic E-state index is 0.00841. The summed E-state index contributed by atoms with van der Waals surface area (Å²) in [6, 6.07) is 15.4. The average Bonchev–Trinajstić information content (AvgIpc) is 2.73. The van der Waals surface area contributed by atoms with Crippen molar-refractivity contribution in [3.05, 3.63) is 76.1 Å². The normalized spacial score (nSPS) is 10.5. The summed E-state index contributed by atoms with van der Waals surface area (Å²) in [6.07, 6.45) is 0.0744. The third-order valence-corrected chi connectivity index (χ3v) is 4.36. The maximum absolute atomic E-state index is 12.9. The van der Waals surface area contributed by atoms with E-state index in [1.165, 1.54) is 6.07 Å². The lowest BCUT2D eigenvalue weighted by Gasteiger charge is -2.12. The van der Waals surface area contributed by atoms with Crippen LogP contribution in [0.2, 0.25) is 0 Å². The van der Waals surface area contributed by atoms with Crippen molar-refractivity contribution in [1.29, 1.82) is 0 Å². The Morgan fingerprint density at radius 3 is 2.45 bits per heavy atom. The minimum atomic E-state index is -1.12. The fourth-order valence-corrected chi connectivity index (χ4v) is 3.02. The number of carbonyl (C=O) groups excluding carboxylic acids is 1. The Kier molecular flexibility index (Phi) is 6.19. The number of hydrogen-bond donors (Lipinski definition) is 2. The number of benzene rings is 2. The largest absolute Gasteiger partial charge is 0.478 e. The van der Waals surface area contributed by atoms with Crippen molar-refractivity contribution in [2.45, 2.75) is 19.8 Å². The van der Waals surface area contributed by atoms with Crippen molar-refractivity contribution in [3.63, 3.8) is 0 Å². The summed E-state index contributed by atoms with van der Waals surface area (Å²) in [5.41, 5.74) is 1.11. The Bertz CT molecular complexity index is 1090. The smallest absolute Gasteiger partial charge is 0.336 e. The Morgan fingerprint density at radius 1 is 1.07 bits per heavy atom. The first kappa shape index (κ1) is 20.0. The molecule has 0 radical (unpaired) electrons. The molecule has 29 heavy (non-hydrogen) atoms. The van der Waals surface area contributed by atoms with Crippen LogP contribution in [0.15, 0.2) is 59.4 Å². The topological polar surface area (TPSA) is 109 Å². The number of H-pyrrole nitrogens is 1. The van der Waals surface area contributed by atoms with Crippen LogP contribution in [0.1, 0.15) is 29.3 Å². The van der Waals surface area contributed by atoms with Gasteiger partial charge in [0.1, 0.15) is 5.82 Å². The van der Waals surface area contributed by atoms with Crippen molar-refractivity contribution in [3.8, 4) is 22.6 Å². The number of carbonyl (C=O) groups is 2. The molecular weight excluding hydrogens is 372 g/mol. The van der Waals surface area contributed by atoms with Crippen LogP contribution >= 0.6 is 0 Å². The number of carboxylic acids is 1. The summed E-state index contributed by atoms with van der Waals surface area (Å²) in [7, 11) is 0. The predicted molar refractivity (Wildman–Crippen MR) is 108 cm³/mol. The van der Waals surface area contributed by atoms with Crippen LogP contribution in [0, 0.1) is 0 Å². The number of ether oxygens (including phenoxy) is 1. The molecule has 0 aliphatic carbocycles. The van der Waals surface area contributed by atoms with Gasteiger partial charge in [0, 0.05) is 23.1 Å². The zero-order valence-electron chi connectivity index (χ0n) is 15.8. The van der Waals surface area contributed by atoms with Gasteiger partial charge in [0.2, 0.25) is 0 Å². The molecule has 0 bridgehead atoms. The summed E-state index contributed by atoms with van der Waals surface area (Å²) in [6.45, 7) is 1.95. The Hall–Kier alpha value is -3.74. The molecule has 0 saturated heterocycles. The quantitative estimate of drug-likeness (QED) is 0.597. The molecule has 0 amide bonds. The molecule has 0 aliphatic rings. The van der Waals surface area contributed by atoms with Gasteiger partial charge in [-0.15, -0.1) is 0 Å². The van der Waals surface area contributed by atoms with Crippen molar-refractivity contribution in [1.82, 2.24) is 9.97 Å². The number of aromatic nitrogens is 2. The monoisotopic (exact) mass is 392 g/mol. The van der Waals surface area contributed by atoms with Crippen molar-refractivity contribution in [2.24, 2.45) is 0 Å². The second-order valence-electron chi connectivity index (χ2n) is 6.26. The zero-order valence-corrected chi connectivity index (χ0v) is 15.8. The molecule has 1 heterocycles. The molecule has 0 atom stereocenters. The number of nitrogens with one attached hydrogen (secondary N) is 1. The van der Waals surface area contributed by atoms with E-state index in [-0.39, 0.29) is 36.3 Å². The van der Waals surface area contributed by atoms with E-state index >= 15 is 0 Å². The van der Waals surface area contributed by atoms with E-state index in [0.29, 0.717) is 17.0 Å². The van der Waals surface area contributed by atoms with Gasteiger partial charge >= 0.3 is 11.9 Å². The molecule has 3 rings (SSSR count). The number of esters is 1. The lowest BCUT2D eigenvalue weighted by Crippen LogP contribution is -2.19. The highest BCUT2D eigenvalue weighted by Crippen LogP contribution is 2.27. The molecule has 1 aromatic heterocycles. The first-order valence-corrected chi connectivity index (χ1v) is 9.18. The van der Waals surface area contributed by atoms with Gasteiger partial charge in [0.05, 0.1) is 17.9 Å². The van der Waals surface area contributed by atoms with Crippen LogP contribution in [0.5, 0.6) is 0 Å². The fourth-order valence-electron chi connectivity index (χ4n) is 3.02. The van der Waals surface area contributed by atoms with Crippen molar-refractivity contribution in [2.75, 3.05) is 6.61 Å². The van der Waals surface area contributed by atoms with Crippen molar-refractivity contribution < 1.29 is 19.4 Å². The van der Waals surface area contributed by atoms with Gasteiger partial charge in [-0.1, -0.05) is 48.5 Å². The Balaban J connectivity index is 2.17. The van der Waals surface area contributed by atoms with Gasteiger partial charge in [0.25, 0.3) is 5.56 Å². The predicted octanol–water partition coefficient (Wildman–Crippen LogP) is 3.30. The second kappa shape index (κ2) is 8.97. The Morgan fingerprint density at radius 2 is 1.76 bits per heavy atom. The zero-order chi connectivity index (χ0) is 20.8. The number of carboxylic acid groups (broad SMARTS) is 1. The number of nitrogens with zero attached hydrogens (tertiary/aromatic N) is 1. The minimum Gasteiger partial charge on any atom is -0.478 e. The number of rotatable bonds is 7. The highest BCUT2D eigenvalue weighted by atomic mass is 16.5.